The number of nitrogens with zero attached hydrogens (tertiary/aromatic N) is 1. The minimum atomic E-state index is 0.141. The highest BCUT2D eigenvalue weighted by molar-refractivity contribution is 7.10. The van der Waals surface area contributed by atoms with Crippen molar-refractivity contribution in [2.75, 3.05) is 26.2 Å². The first-order chi connectivity index (χ1) is 8.74. The summed E-state index contributed by atoms with van der Waals surface area (Å²) in [6.45, 7) is 6.44. The lowest BCUT2D eigenvalue weighted by Crippen LogP contribution is -2.40. The highest BCUT2D eigenvalue weighted by Crippen LogP contribution is 2.14. The van der Waals surface area contributed by atoms with Crippen LogP contribution in [-0.2, 0) is 11.2 Å². The normalized spacial score (nSPS) is 20.8. The molecule has 1 fully saturated rings. The van der Waals surface area contributed by atoms with E-state index in [0.29, 0.717) is 6.42 Å². The van der Waals surface area contributed by atoms with Crippen LogP contribution in [0.15, 0.2) is 17.5 Å². The van der Waals surface area contributed by atoms with Gasteiger partial charge in [-0.3, -0.25) is 4.79 Å². The molecule has 1 aliphatic rings. The van der Waals surface area contributed by atoms with Crippen molar-refractivity contribution in [3.8, 4) is 0 Å². The minimum absolute atomic E-state index is 0.141. The van der Waals surface area contributed by atoms with Crippen LogP contribution in [0.2, 0.25) is 0 Å². The summed E-state index contributed by atoms with van der Waals surface area (Å²) < 4.78 is 0. The van der Waals surface area contributed by atoms with Crippen molar-refractivity contribution < 1.29 is 4.79 Å². The molecule has 0 aromatic carbocycles. The second-order valence-electron chi connectivity index (χ2n) is 5.15. The lowest BCUT2D eigenvalue weighted by Gasteiger charge is -2.30. The van der Waals surface area contributed by atoms with E-state index in [1.807, 2.05) is 17.5 Å². The first kappa shape index (κ1) is 13.6. The number of thiophene rings is 1. The van der Waals surface area contributed by atoms with E-state index in [2.05, 4.69) is 17.1 Å². The highest BCUT2D eigenvalue weighted by atomic mass is 32.1. The zero-order valence-electron chi connectivity index (χ0n) is 11.0. The van der Waals surface area contributed by atoms with Gasteiger partial charge in [-0.05, 0) is 36.8 Å². The largest absolute Gasteiger partial charge is 0.355 e. The van der Waals surface area contributed by atoms with Gasteiger partial charge in [-0.1, -0.05) is 13.0 Å². The molecule has 1 atom stereocenters. The van der Waals surface area contributed by atoms with Crippen LogP contribution in [0.4, 0.5) is 0 Å². The summed E-state index contributed by atoms with van der Waals surface area (Å²) in [5, 5.41) is 5.02. The number of hydrogen-bond donors (Lipinski definition) is 1. The summed E-state index contributed by atoms with van der Waals surface area (Å²) in [7, 11) is 0. The molecule has 1 aromatic rings. The van der Waals surface area contributed by atoms with Crippen LogP contribution < -0.4 is 5.32 Å². The predicted octanol–water partition coefficient (Wildman–Crippen LogP) is 2.14. The Kier molecular flexibility index (Phi) is 5.20. The zero-order valence-corrected chi connectivity index (χ0v) is 11.8. The maximum absolute atomic E-state index is 11.7. The fraction of sp³-hybridized carbons (Fsp3) is 0.643. The number of amides is 1. The van der Waals surface area contributed by atoms with Crippen LogP contribution in [0.1, 0.15) is 24.6 Å². The number of hydrogen-bond acceptors (Lipinski definition) is 3. The lowest BCUT2D eigenvalue weighted by atomic mass is 10.0. The summed E-state index contributed by atoms with van der Waals surface area (Å²) in [6, 6.07) is 4.00. The van der Waals surface area contributed by atoms with E-state index >= 15 is 0 Å². The van der Waals surface area contributed by atoms with Gasteiger partial charge in [0.25, 0.3) is 0 Å². The van der Waals surface area contributed by atoms with Crippen LogP contribution in [0.3, 0.4) is 0 Å². The summed E-state index contributed by atoms with van der Waals surface area (Å²) >= 11 is 1.64. The fourth-order valence-corrected chi connectivity index (χ4v) is 3.18. The van der Waals surface area contributed by atoms with Crippen LogP contribution in [0.5, 0.6) is 0 Å². The van der Waals surface area contributed by atoms with Crippen molar-refractivity contribution >= 4 is 17.2 Å². The Hall–Kier alpha value is -0.870. The van der Waals surface area contributed by atoms with Gasteiger partial charge in [-0.25, -0.2) is 0 Å². The van der Waals surface area contributed by atoms with Crippen molar-refractivity contribution in [3.63, 3.8) is 0 Å². The monoisotopic (exact) mass is 266 g/mol. The van der Waals surface area contributed by atoms with Crippen LogP contribution in [0.25, 0.3) is 0 Å². The van der Waals surface area contributed by atoms with Crippen molar-refractivity contribution in [1.82, 2.24) is 10.2 Å². The lowest BCUT2D eigenvalue weighted by molar-refractivity contribution is -0.120. The van der Waals surface area contributed by atoms with E-state index in [-0.39, 0.29) is 5.91 Å². The number of carbonyl (C=O) groups is 1. The van der Waals surface area contributed by atoms with Crippen molar-refractivity contribution in [2.45, 2.75) is 26.2 Å². The second kappa shape index (κ2) is 6.90. The van der Waals surface area contributed by atoms with E-state index in [1.54, 1.807) is 11.3 Å². The smallest absolute Gasteiger partial charge is 0.225 e. The molecular formula is C14H22N2OS. The highest BCUT2D eigenvalue weighted by Gasteiger charge is 2.15. The van der Waals surface area contributed by atoms with Gasteiger partial charge in [0.05, 0.1) is 6.42 Å². The zero-order chi connectivity index (χ0) is 12.8. The first-order valence-electron chi connectivity index (χ1n) is 6.75. The average molecular weight is 266 g/mol. The Morgan fingerprint density at radius 1 is 1.61 bits per heavy atom. The van der Waals surface area contributed by atoms with Gasteiger partial charge < -0.3 is 10.2 Å². The third-order valence-corrected chi connectivity index (χ3v) is 4.28. The topological polar surface area (TPSA) is 32.3 Å². The molecule has 1 N–H and O–H groups in total. The van der Waals surface area contributed by atoms with E-state index in [4.69, 9.17) is 0 Å². The van der Waals surface area contributed by atoms with Gasteiger partial charge in [0.2, 0.25) is 5.91 Å². The van der Waals surface area contributed by atoms with Gasteiger partial charge in [-0.15, -0.1) is 11.3 Å². The molecule has 4 heteroatoms. The molecule has 3 nitrogen and oxygen atoms in total. The van der Waals surface area contributed by atoms with E-state index in [1.165, 1.54) is 25.9 Å². The number of nitrogens with one attached hydrogen (secondary N) is 1. The first-order valence-corrected chi connectivity index (χ1v) is 7.63. The maximum Gasteiger partial charge on any atom is 0.225 e. The molecular weight excluding hydrogens is 244 g/mol. The van der Waals surface area contributed by atoms with E-state index in [9.17, 15) is 4.79 Å². The third-order valence-electron chi connectivity index (χ3n) is 3.41. The molecule has 2 heterocycles. The van der Waals surface area contributed by atoms with Crippen LogP contribution >= 0.6 is 11.3 Å². The number of likely N-dealkylation sites (tertiary alicyclic amines) is 1. The average Bonchev–Trinajstić information content (AvgIpc) is 2.82. The van der Waals surface area contributed by atoms with Gasteiger partial charge in [0.15, 0.2) is 0 Å². The molecule has 0 unspecified atom stereocenters. The fourth-order valence-electron chi connectivity index (χ4n) is 2.48. The summed E-state index contributed by atoms with van der Waals surface area (Å²) in [6.07, 6.45) is 3.17. The molecule has 0 radical (unpaired) electrons. The minimum Gasteiger partial charge on any atom is -0.355 e. The van der Waals surface area contributed by atoms with Gasteiger partial charge in [0, 0.05) is 24.5 Å². The number of carbonyl (C=O) groups excluding carboxylic acids is 1. The number of piperidine rings is 1. The molecule has 0 bridgehead atoms. The molecule has 2 rings (SSSR count). The molecule has 1 amide bonds. The Balaban J connectivity index is 1.61. The number of rotatable bonds is 5. The van der Waals surface area contributed by atoms with Crippen molar-refractivity contribution in [2.24, 2.45) is 5.92 Å². The van der Waals surface area contributed by atoms with Crippen LogP contribution in [0, 0.1) is 5.92 Å². The van der Waals surface area contributed by atoms with Gasteiger partial charge in [0.1, 0.15) is 0 Å². The molecule has 18 heavy (non-hydrogen) atoms. The quantitative estimate of drug-likeness (QED) is 0.885. The van der Waals surface area contributed by atoms with E-state index in [0.717, 1.165) is 23.9 Å². The summed E-state index contributed by atoms with van der Waals surface area (Å²) in [5.41, 5.74) is 0. The molecule has 100 valence electrons. The Labute approximate surface area is 113 Å². The Bertz CT molecular complexity index is 364. The molecule has 0 spiro atoms. The molecule has 0 aliphatic carbocycles. The maximum atomic E-state index is 11.7. The predicted molar refractivity (Wildman–Crippen MR) is 75.9 cm³/mol. The van der Waals surface area contributed by atoms with E-state index < -0.39 is 0 Å². The SMILES string of the molecule is C[C@H]1CCCN(CCNC(=O)Cc2cccs2)C1. The standard InChI is InChI=1S/C14H22N2OS/c1-12-4-2-7-16(11-12)8-6-15-14(17)10-13-5-3-9-18-13/h3,5,9,12H,2,4,6-8,10-11H2,1H3,(H,15,17)/t12-/m0/s1. The second-order valence-corrected chi connectivity index (χ2v) is 6.19. The summed E-state index contributed by atoms with van der Waals surface area (Å²) in [4.78, 5) is 15.3. The van der Waals surface area contributed by atoms with Gasteiger partial charge >= 0.3 is 0 Å². The van der Waals surface area contributed by atoms with Crippen molar-refractivity contribution in [1.29, 1.82) is 0 Å². The summed E-state index contributed by atoms with van der Waals surface area (Å²) in [5.74, 6) is 0.947. The van der Waals surface area contributed by atoms with Crippen LogP contribution in [-0.4, -0.2) is 37.0 Å². The van der Waals surface area contributed by atoms with Gasteiger partial charge in [-0.2, -0.15) is 0 Å². The molecule has 1 aromatic heterocycles. The molecule has 1 saturated heterocycles. The molecule has 0 saturated carbocycles. The third kappa shape index (κ3) is 4.42. The Morgan fingerprint density at radius 2 is 2.50 bits per heavy atom. The Morgan fingerprint density at radius 3 is 3.22 bits per heavy atom. The van der Waals surface area contributed by atoms with Crippen molar-refractivity contribution in [3.05, 3.63) is 22.4 Å². The molecule has 1 aliphatic heterocycles.